The number of anilines is 1. The van der Waals surface area contributed by atoms with Crippen LogP contribution in [0, 0.1) is 0 Å². The van der Waals surface area contributed by atoms with E-state index < -0.39 is 0 Å². The zero-order chi connectivity index (χ0) is 17.6. The van der Waals surface area contributed by atoms with Crippen molar-refractivity contribution in [3.63, 3.8) is 0 Å². The van der Waals surface area contributed by atoms with Crippen molar-refractivity contribution in [2.45, 2.75) is 18.9 Å². The second-order valence-electron chi connectivity index (χ2n) is 5.63. The van der Waals surface area contributed by atoms with Gasteiger partial charge in [0.25, 0.3) is 5.91 Å². The van der Waals surface area contributed by atoms with E-state index in [4.69, 9.17) is 18.9 Å². The molecule has 25 heavy (non-hydrogen) atoms. The predicted molar refractivity (Wildman–Crippen MR) is 93.7 cm³/mol. The van der Waals surface area contributed by atoms with Gasteiger partial charge in [-0.1, -0.05) is 0 Å². The topological polar surface area (TPSA) is 66.0 Å². The largest absolute Gasteiger partial charge is 0.497 e. The number of nitrogens with one attached hydrogen (secondary N) is 1. The zero-order valence-electron chi connectivity index (χ0n) is 14.3. The van der Waals surface area contributed by atoms with E-state index in [0.717, 1.165) is 18.6 Å². The molecule has 3 rings (SSSR count). The Kier molecular flexibility index (Phi) is 5.40. The Bertz CT molecular complexity index is 723. The number of methoxy groups -OCH3 is 2. The molecule has 1 aliphatic heterocycles. The lowest BCUT2D eigenvalue weighted by Gasteiger charge is -2.14. The fourth-order valence-electron chi connectivity index (χ4n) is 2.61. The highest BCUT2D eigenvalue weighted by atomic mass is 16.5. The molecule has 1 fully saturated rings. The monoisotopic (exact) mass is 343 g/mol. The molecule has 0 aliphatic carbocycles. The second kappa shape index (κ2) is 7.90. The number of amides is 1. The normalized spacial score (nSPS) is 16.3. The number of benzene rings is 2. The van der Waals surface area contributed by atoms with Gasteiger partial charge in [0, 0.05) is 18.4 Å². The summed E-state index contributed by atoms with van der Waals surface area (Å²) < 4.78 is 21.8. The van der Waals surface area contributed by atoms with Gasteiger partial charge in [0.05, 0.1) is 14.2 Å². The fraction of sp³-hybridized carbons (Fsp3) is 0.316. The summed E-state index contributed by atoms with van der Waals surface area (Å²) in [6, 6.07) is 12.5. The maximum absolute atomic E-state index is 12.2. The standard InChI is InChI=1S/C19H21NO5/c1-22-14-6-8-15(9-7-14)25-18-12-13(5-10-16(18)23-2)20-19(21)17-4-3-11-24-17/h5-10,12,17H,3-4,11H2,1-2H3,(H,20,21). The molecule has 0 bridgehead atoms. The van der Waals surface area contributed by atoms with E-state index in [1.807, 2.05) is 12.1 Å². The highest BCUT2D eigenvalue weighted by Gasteiger charge is 2.23. The van der Waals surface area contributed by atoms with E-state index in [0.29, 0.717) is 29.5 Å². The molecule has 1 atom stereocenters. The molecule has 1 heterocycles. The molecule has 6 nitrogen and oxygen atoms in total. The third kappa shape index (κ3) is 4.22. The van der Waals surface area contributed by atoms with Crippen LogP contribution < -0.4 is 19.5 Å². The number of hydrogen-bond donors (Lipinski definition) is 1. The van der Waals surface area contributed by atoms with Gasteiger partial charge in [0.15, 0.2) is 11.5 Å². The van der Waals surface area contributed by atoms with Gasteiger partial charge in [-0.2, -0.15) is 0 Å². The van der Waals surface area contributed by atoms with Crippen LogP contribution in [0.2, 0.25) is 0 Å². The van der Waals surface area contributed by atoms with Crippen LogP contribution in [-0.4, -0.2) is 32.8 Å². The molecular weight excluding hydrogens is 322 g/mol. The molecule has 0 radical (unpaired) electrons. The lowest BCUT2D eigenvalue weighted by molar-refractivity contribution is -0.124. The van der Waals surface area contributed by atoms with Crippen molar-refractivity contribution in [1.29, 1.82) is 0 Å². The van der Waals surface area contributed by atoms with E-state index in [9.17, 15) is 4.79 Å². The van der Waals surface area contributed by atoms with Gasteiger partial charge in [-0.05, 0) is 49.2 Å². The molecule has 1 N–H and O–H groups in total. The maximum atomic E-state index is 12.2. The van der Waals surface area contributed by atoms with Gasteiger partial charge in [0.2, 0.25) is 0 Å². The van der Waals surface area contributed by atoms with E-state index in [2.05, 4.69) is 5.32 Å². The average molecular weight is 343 g/mol. The van der Waals surface area contributed by atoms with Crippen molar-refractivity contribution in [2.75, 3.05) is 26.1 Å². The van der Waals surface area contributed by atoms with Crippen LogP contribution in [0.1, 0.15) is 12.8 Å². The lowest BCUT2D eigenvalue weighted by Crippen LogP contribution is -2.26. The molecule has 1 unspecified atom stereocenters. The van der Waals surface area contributed by atoms with Crippen LogP contribution in [0.3, 0.4) is 0 Å². The Hall–Kier alpha value is -2.73. The summed E-state index contributed by atoms with van der Waals surface area (Å²) in [6.07, 6.45) is 1.28. The van der Waals surface area contributed by atoms with Crippen LogP contribution in [0.15, 0.2) is 42.5 Å². The Morgan fingerprint density at radius 1 is 1.04 bits per heavy atom. The first-order valence-electron chi connectivity index (χ1n) is 8.12. The molecule has 2 aromatic carbocycles. The summed E-state index contributed by atoms with van der Waals surface area (Å²) in [5.41, 5.74) is 0.629. The van der Waals surface area contributed by atoms with Crippen LogP contribution in [0.5, 0.6) is 23.0 Å². The van der Waals surface area contributed by atoms with E-state index >= 15 is 0 Å². The van der Waals surface area contributed by atoms with E-state index in [1.165, 1.54) is 0 Å². The van der Waals surface area contributed by atoms with Crippen molar-refractivity contribution in [1.82, 2.24) is 0 Å². The molecule has 1 saturated heterocycles. The summed E-state index contributed by atoms with van der Waals surface area (Å²) in [7, 11) is 3.18. The molecule has 0 saturated carbocycles. The minimum absolute atomic E-state index is 0.141. The first kappa shape index (κ1) is 17.1. The lowest BCUT2D eigenvalue weighted by atomic mass is 10.2. The number of carbonyl (C=O) groups excluding carboxylic acids is 1. The molecule has 132 valence electrons. The molecule has 0 spiro atoms. The van der Waals surface area contributed by atoms with E-state index in [-0.39, 0.29) is 12.0 Å². The summed E-state index contributed by atoms with van der Waals surface area (Å²) in [5.74, 6) is 2.33. The summed E-state index contributed by atoms with van der Waals surface area (Å²) in [4.78, 5) is 12.2. The first-order valence-corrected chi connectivity index (χ1v) is 8.12. The fourth-order valence-corrected chi connectivity index (χ4v) is 2.61. The van der Waals surface area contributed by atoms with Crippen LogP contribution in [0.25, 0.3) is 0 Å². The van der Waals surface area contributed by atoms with Crippen molar-refractivity contribution in [3.05, 3.63) is 42.5 Å². The summed E-state index contributed by atoms with van der Waals surface area (Å²) in [6.45, 7) is 0.631. The minimum Gasteiger partial charge on any atom is -0.497 e. The van der Waals surface area contributed by atoms with Crippen molar-refractivity contribution in [2.24, 2.45) is 0 Å². The molecule has 1 aliphatic rings. The molecule has 2 aromatic rings. The van der Waals surface area contributed by atoms with Crippen LogP contribution in [-0.2, 0) is 9.53 Å². The van der Waals surface area contributed by atoms with Crippen molar-refractivity contribution < 1.29 is 23.7 Å². The predicted octanol–water partition coefficient (Wildman–Crippen LogP) is 3.61. The SMILES string of the molecule is COc1ccc(Oc2cc(NC(=O)C3CCCO3)ccc2OC)cc1. The van der Waals surface area contributed by atoms with Gasteiger partial charge >= 0.3 is 0 Å². The Labute approximate surface area is 146 Å². The number of hydrogen-bond acceptors (Lipinski definition) is 5. The van der Waals surface area contributed by atoms with Crippen molar-refractivity contribution in [3.8, 4) is 23.0 Å². The molecule has 0 aromatic heterocycles. The second-order valence-corrected chi connectivity index (χ2v) is 5.63. The minimum atomic E-state index is -0.381. The number of ether oxygens (including phenoxy) is 4. The third-order valence-electron chi connectivity index (χ3n) is 3.94. The summed E-state index contributed by atoms with van der Waals surface area (Å²) >= 11 is 0. The Balaban J connectivity index is 1.75. The Morgan fingerprint density at radius 3 is 2.44 bits per heavy atom. The van der Waals surface area contributed by atoms with E-state index in [1.54, 1.807) is 44.6 Å². The van der Waals surface area contributed by atoms with Gasteiger partial charge < -0.3 is 24.3 Å². The average Bonchev–Trinajstić information content (AvgIpc) is 3.17. The highest BCUT2D eigenvalue weighted by Crippen LogP contribution is 2.34. The molecule has 6 heteroatoms. The number of carbonyl (C=O) groups is 1. The smallest absolute Gasteiger partial charge is 0.253 e. The highest BCUT2D eigenvalue weighted by molar-refractivity contribution is 5.94. The van der Waals surface area contributed by atoms with Crippen LogP contribution in [0.4, 0.5) is 5.69 Å². The van der Waals surface area contributed by atoms with Gasteiger partial charge in [-0.25, -0.2) is 0 Å². The summed E-state index contributed by atoms with van der Waals surface area (Å²) in [5, 5.41) is 2.86. The first-order chi connectivity index (χ1) is 12.2. The van der Waals surface area contributed by atoms with Gasteiger partial charge in [0.1, 0.15) is 17.6 Å². The molecule has 1 amide bonds. The maximum Gasteiger partial charge on any atom is 0.253 e. The third-order valence-corrected chi connectivity index (χ3v) is 3.94. The van der Waals surface area contributed by atoms with Gasteiger partial charge in [-0.15, -0.1) is 0 Å². The van der Waals surface area contributed by atoms with Crippen molar-refractivity contribution >= 4 is 11.6 Å². The van der Waals surface area contributed by atoms with Crippen LogP contribution >= 0.6 is 0 Å². The zero-order valence-corrected chi connectivity index (χ0v) is 14.3. The quantitative estimate of drug-likeness (QED) is 0.868. The molecular formula is C19H21NO5. The number of rotatable bonds is 6. The Morgan fingerprint density at radius 2 is 1.80 bits per heavy atom. The van der Waals surface area contributed by atoms with Gasteiger partial charge in [-0.3, -0.25) is 4.79 Å².